The van der Waals surface area contributed by atoms with Crippen molar-refractivity contribution in [1.82, 2.24) is 19.4 Å². The molecule has 0 aliphatic heterocycles. The van der Waals surface area contributed by atoms with Gasteiger partial charge in [-0.05, 0) is 0 Å². The van der Waals surface area contributed by atoms with Crippen molar-refractivity contribution < 1.29 is 13.2 Å². The molecule has 3 N–H and O–H groups in total. The van der Waals surface area contributed by atoms with Crippen molar-refractivity contribution in [1.29, 1.82) is 0 Å². The molecule has 0 bridgehead atoms. The van der Waals surface area contributed by atoms with Crippen LogP contribution in [0.1, 0.15) is 0 Å². The van der Waals surface area contributed by atoms with Crippen molar-refractivity contribution in [2.24, 2.45) is 0 Å². The third-order valence-electron chi connectivity index (χ3n) is 2.18. The van der Waals surface area contributed by atoms with E-state index in [-0.39, 0.29) is 23.2 Å². The summed E-state index contributed by atoms with van der Waals surface area (Å²) in [5.41, 5.74) is 5.44. The number of carbonyl (C=O) groups is 1. The summed E-state index contributed by atoms with van der Waals surface area (Å²) in [6.45, 7) is -0.250. The molecule has 96 valence electrons. The topological polar surface area (TPSA) is 112 Å². The van der Waals surface area contributed by atoms with Gasteiger partial charge in [0.15, 0.2) is 0 Å². The van der Waals surface area contributed by atoms with Crippen molar-refractivity contribution >= 4 is 21.7 Å². The van der Waals surface area contributed by atoms with E-state index in [1.54, 1.807) is 14.1 Å². The maximum absolute atomic E-state index is 12.0. The molecule has 1 amide bonds. The van der Waals surface area contributed by atoms with Crippen LogP contribution in [-0.2, 0) is 14.8 Å². The third-order valence-corrected chi connectivity index (χ3v) is 4.01. The fourth-order valence-corrected chi connectivity index (χ4v) is 2.20. The summed E-state index contributed by atoms with van der Waals surface area (Å²) in [6.07, 6.45) is 1.11. The number of anilines is 1. The number of likely N-dealkylation sites (N-methyl/N-ethyl adjacent to an activating group) is 2. The SMILES string of the molecule is CN(C)C(=O)CN(C)S(=O)(=O)c1cn[nH]c1N. The average molecular weight is 261 g/mol. The van der Waals surface area contributed by atoms with E-state index in [9.17, 15) is 13.2 Å². The number of amides is 1. The quantitative estimate of drug-likeness (QED) is 0.699. The molecule has 0 fully saturated rings. The molecule has 8 nitrogen and oxygen atoms in total. The number of nitrogens with zero attached hydrogens (tertiary/aromatic N) is 3. The molecule has 0 radical (unpaired) electrons. The summed E-state index contributed by atoms with van der Waals surface area (Å²) in [6, 6.07) is 0. The monoisotopic (exact) mass is 261 g/mol. The maximum atomic E-state index is 12.0. The van der Waals surface area contributed by atoms with Gasteiger partial charge in [-0.15, -0.1) is 0 Å². The number of hydrogen-bond donors (Lipinski definition) is 2. The largest absolute Gasteiger partial charge is 0.383 e. The lowest BCUT2D eigenvalue weighted by Gasteiger charge is -2.18. The highest BCUT2D eigenvalue weighted by molar-refractivity contribution is 7.89. The lowest BCUT2D eigenvalue weighted by atomic mass is 10.5. The van der Waals surface area contributed by atoms with Gasteiger partial charge < -0.3 is 10.6 Å². The zero-order valence-corrected chi connectivity index (χ0v) is 10.7. The summed E-state index contributed by atoms with van der Waals surface area (Å²) < 4.78 is 24.9. The van der Waals surface area contributed by atoms with Crippen molar-refractivity contribution in [2.45, 2.75) is 4.90 Å². The first kappa shape index (κ1) is 13.5. The Bertz CT molecular complexity index is 507. The van der Waals surface area contributed by atoms with E-state index in [1.807, 2.05) is 0 Å². The van der Waals surface area contributed by atoms with Crippen LogP contribution < -0.4 is 5.73 Å². The van der Waals surface area contributed by atoms with Gasteiger partial charge in [0.05, 0.1) is 12.7 Å². The van der Waals surface area contributed by atoms with Gasteiger partial charge in [0.1, 0.15) is 10.7 Å². The highest BCUT2D eigenvalue weighted by Crippen LogP contribution is 2.18. The van der Waals surface area contributed by atoms with E-state index in [1.165, 1.54) is 11.9 Å². The second-order valence-electron chi connectivity index (χ2n) is 3.70. The minimum Gasteiger partial charge on any atom is -0.383 e. The molecule has 1 aromatic rings. The van der Waals surface area contributed by atoms with Crippen LogP contribution in [0, 0.1) is 0 Å². The van der Waals surface area contributed by atoms with E-state index in [0.29, 0.717) is 0 Å². The number of nitrogen functional groups attached to an aromatic ring is 1. The number of nitrogens with one attached hydrogen (secondary N) is 1. The first-order valence-electron chi connectivity index (χ1n) is 4.72. The molecule has 0 spiro atoms. The van der Waals surface area contributed by atoms with E-state index in [0.717, 1.165) is 10.5 Å². The Balaban J connectivity index is 2.93. The molecular formula is C8H15N5O3S. The Kier molecular flexibility index (Phi) is 3.73. The van der Waals surface area contributed by atoms with Gasteiger partial charge in [0, 0.05) is 21.1 Å². The number of hydrogen-bond acceptors (Lipinski definition) is 5. The number of nitrogens with two attached hydrogens (primary N) is 1. The summed E-state index contributed by atoms with van der Waals surface area (Å²) in [5, 5.41) is 5.87. The van der Waals surface area contributed by atoms with Gasteiger partial charge >= 0.3 is 0 Å². The number of sulfonamides is 1. The molecule has 1 aromatic heterocycles. The molecule has 0 saturated heterocycles. The average Bonchev–Trinajstić information content (AvgIpc) is 2.64. The van der Waals surface area contributed by atoms with E-state index < -0.39 is 10.0 Å². The molecule has 0 atom stereocenters. The van der Waals surface area contributed by atoms with Crippen LogP contribution in [0.25, 0.3) is 0 Å². The number of rotatable bonds is 4. The molecule has 0 aliphatic rings. The minimum atomic E-state index is -3.79. The predicted molar refractivity (Wildman–Crippen MR) is 61.5 cm³/mol. The molecule has 0 aromatic carbocycles. The van der Waals surface area contributed by atoms with Crippen LogP contribution in [0.4, 0.5) is 5.82 Å². The summed E-state index contributed by atoms with van der Waals surface area (Å²) >= 11 is 0. The molecule has 1 rings (SSSR count). The zero-order chi connectivity index (χ0) is 13.2. The number of H-pyrrole nitrogens is 1. The molecule has 0 unspecified atom stereocenters. The van der Waals surface area contributed by atoms with Gasteiger partial charge in [-0.25, -0.2) is 8.42 Å². The minimum absolute atomic E-state index is 0.0471. The van der Waals surface area contributed by atoms with Gasteiger partial charge in [-0.1, -0.05) is 0 Å². The van der Waals surface area contributed by atoms with Crippen LogP contribution in [0.2, 0.25) is 0 Å². The highest BCUT2D eigenvalue weighted by atomic mass is 32.2. The molecular weight excluding hydrogens is 246 g/mol. The van der Waals surface area contributed by atoms with E-state index in [4.69, 9.17) is 5.73 Å². The Morgan fingerprint density at radius 1 is 1.47 bits per heavy atom. The second-order valence-corrected chi connectivity index (χ2v) is 5.71. The first-order valence-corrected chi connectivity index (χ1v) is 6.16. The summed E-state index contributed by atoms with van der Waals surface area (Å²) in [7, 11) is 0.622. The first-order chi connectivity index (χ1) is 7.76. The highest BCUT2D eigenvalue weighted by Gasteiger charge is 2.26. The standard InChI is InChI=1S/C8H15N5O3S/c1-12(2)7(14)5-13(3)17(15,16)6-4-10-11-8(6)9/h4H,5H2,1-3H3,(H3,9,10,11). The van der Waals surface area contributed by atoms with Crippen LogP contribution >= 0.6 is 0 Å². The lowest BCUT2D eigenvalue weighted by molar-refractivity contribution is -0.128. The summed E-state index contributed by atoms with van der Waals surface area (Å²) in [4.78, 5) is 12.6. The normalized spacial score (nSPS) is 11.8. The van der Waals surface area contributed by atoms with Crippen LogP contribution in [-0.4, -0.2) is 61.4 Å². The van der Waals surface area contributed by atoms with Gasteiger partial charge in [-0.2, -0.15) is 9.40 Å². The van der Waals surface area contributed by atoms with Crippen molar-refractivity contribution in [3.63, 3.8) is 0 Å². The fourth-order valence-electron chi connectivity index (χ4n) is 1.08. The molecule has 17 heavy (non-hydrogen) atoms. The van der Waals surface area contributed by atoms with Crippen molar-refractivity contribution in [2.75, 3.05) is 33.4 Å². The second kappa shape index (κ2) is 4.72. The number of aromatic amines is 1. The van der Waals surface area contributed by atoms with E-state index >= 15 is 0 Å². The van der Waals surface area contributed by atoms with Gasteiger partial charge in [0.25, 0.3) is 0 Å². The van der Waals surface area contributed by atoms with E-state index in [2.05, 4.69) is 10.2 Å². The van der Waals surface area contributed by atoms with Gasteiger partial charge in [0.2, 0.25) is 15.9 Å². The van der Waals surface area contributed by atoms with Gasteiger partial charge in [-0.3, -0.25) is 9.89 Å². The van der Waals surface area contributed by atoms with Crippen LogP contribution in [0.3, 0.4) is 0 Å². The Labute approximate surface area is 99.4 Å². The molecule has 0 aliphatic carbocycles. The summed E-state index contributed by atoms with van der Waals surface area (Å²) in [5.74, 6) is -0.368. The molecule has 0 saturated carbocycles. The Morgan fingerprint density at radius 2 is 2.06 bits per heavy atom. The van der Waals surface area contributed by atoms with Crippen molar-refractivity contribution in [3.8, 4) is 0 Å². The Hall–Kier alpha value is -1.61. The maximum Gasteiger partial charge on any atom is 0.248 e. The Morgan fingerprint density at radius 3 is 2.47 bits per heavy atom. The molecule has 1 heterocycles. The molecule has 9 heteroatoms. The van der Waals surface area contributed by atoms with Crippen LogP contribution in [0.5, 0.6) is 0 Å². The fraction of sp³-hybridized carbons (Fsp3) is 0.500. The third kappa shape index (κ3) is 2.74. The smallest absolute Gasteiger partial charge is 0.248 e. The van der Waals surface area contributed by atoms with Crippen molar-refractivity contribution in [3.05, 3.63) is 6.20 Å². The predicted octanol–water partition coefficient (Wildman–Crippen LogP) is -1.30. The van der Waals surface area contributed by atoms with Crippen LogP contribution in [0.15, 0.2) is 11.1 Å². The number of carbonyl (C=O) groups excluding carboxylic acids is 1. The zero-order valence-electron chi connectivity index (χ0n) is 9.84. The number of aromatic nitrogens is 2. The lowest BCUT2D eigenvalue weighted by Crippen LogP contribution is -2.37.